The number of nitrogens with one attached hydrogen (secondary N) is 2. The third kappa shape index (κ3) is 4.07. The summed E-state index contributed by atoms with van der Waals surface area (Å²) in [5, 5.41) is 18.9. The van der Waals surface area contributed by atoms with E-state index in [-0.39, 0.29) is 5.82 Å². The molecule has 2 heterocycles. The molecule has 5 N–H and O–H groups in total. The summed E-state index contributed by atoms with van der Waals surface area (Å²) in [6, 6.07) is 2.56. The van der Waals surface area contributed by atoms with Crippen molar-refractivity contribution in [1.82, 2.24) is 9.97 Å². The summed E-state index contributed by atoms with van der Waals surface area (Å²) >= 11 is 0. The molecule has 0 aromatic carbocycles. The summed E-state index contributed by atoms with van der Waals surface area (Å²) in [4.78, 5) is 27.9. The van der Waals surface area contributed by atoms with E-state index in [1.54, 1.807) is 0 Å². The fourth-order valence-corrected chi connectivity index (χ4v) is 0.976. The highest BCUT2D eigenvalue weighted by atomic mass is 19.1. The van der Waals surface area contributed by atoms with Gasteiger partial charge in [-0.15, -0.1) is 0 Å². The quantitative estimate of drug-likeness (QED) is 0.589. The molecule has 0 fully saturated rings. The number of hydrogen-bond donors (Lipinski definition) is 3. The Morgan fingerprint density at radius 2 is 2.26 bits per heavy atom. The Hall–Kier alpha value is -2.97. The lowest BCUT2D eigenvalue weighted by molar-refractivity contribution is -0.404. The fraction of sp³-hybridized carbons (Fsp3) is 0. The Kier molecular flexibility index (Phi) is 4.52. The summed E-state index contributed by atoms with van der Waals surface area (Å²) in [6.07, 6.45) is 2.17. The number of nitrogens with two attached hydrogens (primary N) is 1. The SMILES string of the molecule is Nc1[nH]c(=O)[nH+]cc1F.O=C(O)c1ncccc1[O-]. The monoisotopic (exact) mass is 268 g/mol. The summed E-state index contributed by atoms with van der Waals surface area (Å²) in [5.41, 5.74) is 4.02. The maximum atomic E-state index is 12.2. The van der Waals surface area contributed by atoms with Crippen LogP contribution in [-0.2, 0) is 0 Å². The number of aromatic nitrogens is 3. The minimum Gasteiger partial charge on any atom is -0.871 e. The number of rotatable bonds is 1. The summed E-state index contributed by atoms with van der Waals surface area (Å²) in [5.74, 6) is -2.76. The number of H-pyrrole nitrogens is 2. The van der Waals surface area contributed by atoms with Crippen LogP contribution in [0.1, 0.15) is 10.5 Å². The van der Waals surface area contributed by atoms with Gasteiger partial charge in [0.1, 0.15) is 11.9 Å². The molecule has 0 amide bonds. The molecule has 0 saturated heterocycles. The van der Waals surface area contributed by atoms with Crippen molar-refractivity contribution in [3.63, 3.8) is 0 Å². The van der Waals surface area contributed by atoms with Crippen molar-refractivity contribution in [3.8, 4) is 5.75 Å². The molecule has 0 unspecified atom stereocenters. The third-order valence-corrected chi connectivity index (χ3v) is 1.81. The van der Waals surface area contributed by atoms with E-state index in [0.29, 0.717) is 0 Å². The minimum absolute atomic E-state index is 0.251. The highest BCUT2D eigenvalue weighted by molar-refractivity contribution is 5.87. The Labute approximate surface area is 105 Å². The minimum atomic E-state index is -1.29. The van der Waals surface area contributed by atoms with Gasteiger partial charge in [-0.1, -0.05) is 11.8 Å². The average Bonchev–Trinajstić information content (AvgIpc) is 2.35. The average molecular weight is 268 g/mol. The first-order valence-corrected chi connectivity index (χ1v) is 4.83. The Balaban J connectivity index is 0.000000191. The molecule has 0 aliphatic rings. The van der Waals surface area contributed by atoms with Crippen molar-refractivity contribution in [2.24, 2.45) is 0 Å². The molecule has 0 aliphatic heterocycles. The molecule has 0 atom stereocenters. The molecule has 0 spiro atoms. The topological polar surface area (TPSA) is 146 Å². The number of anilines is 1. The highest BCUT2D eigenvalue weighted by Crippen LogP contribution is 2.07. The van der Waals surface area contributed by atoms with Gasteiger partial charge in [-0.25, -0.2) is 14.8 Å². The zero-order valence-electron chi connectivity index (χ0n) is 9.38. The van der Waals surface area contributed by atoms with E-state index in [1.807, 2.05) is 4.98 Å². The van der Waals surface area contributed by atoms with Gasteiger partial charge in [0, 0.05) is 6.20 Å². The van der Waals surface area contributed by atoms with Crippen LogP contribution in [0.3, 0.4) is 0 Å². The fourth-order valence-electron chi connectivity index (χ4n) is 0.976. The van der Waals surface area contributed by atoms with Crippen LogP contribution in [0.5, 0.6) is 5.75 Å². The molecular weight excluding hydrogens is 259 g/mol. The lowest BCUT2D eigenvalue weighted by atomic mass is 10.3. The van der Waals surface area contributed by atoms with E-state index >= 15 is 0 Å². The van der Waals surface area contributed by atoms with Gasteiger partial charge >= 0.3 is 11.7 Å². The van der Waals surface area contributed by atoms with Crippen molar-refractivity contribution >= 4 is 11.8 Å². The first kappa shape index (κ1) is 14.1. The van der Waals surface area contributed by atoms with Crippen LogP contribution in [0.2, 0.25) is 0 Å². The summed E-state index contributed by atoms with van der Waals surface area (Å²) in [6.45, 7) is 0. The molecular formula is C10H9FN4O4. The molecule has 2 rings (SSSR count). The molecule has 0 aliphatic carbocycles. The van der Waals surface area contributed by atoms with Gasteiger partial charge in [-0.2, -0.15) is 14.2 Å². The number of hydrogen-bond acceptors (Lipinski definition) is 5. The van der Waals surface area contributed by atoms with Gasteiger partial charge in [0.05, 0.1) is 0 Å². The van der Waals surface area contributed by atoms with Crippen LogP contribution in [0.15, 0.2) is 29.3 Å². The van der Waals surface area contributed by atoms with Crippen molar-refractivity contribution in [1.29, 1.82) is 0 Å². The number of pyridine rings is 1. The summed E-state index contributed by atoms with van der Waals surface area (Å²) in [7, 11) is 0. The van der Waals surface area contributed by atoms with E-state index in [0.717, 1.165) is 12.3 Å². The van der Waals surface area contributed by atoms with E-state index in [2.05, 4.69) is 9.97 Å². The van der Waals surface area contributed by atoms with Crippen LogP contribution < -0.4 is 21.5 Å². The van der Waals surface area contributed by atoms with E-state index in [1.165, 1.54) is 12.3 Å². The number of halogens is 1. The second-order valence-electron chi connectivity index (χ2n) is 3.16. The van der Waals surface area contributed by atoms with Crippen molar-refractivity contribution in [2.45, 2.75) is 0 Å². The Bertz CT molecular complexity index is 643. The molecule has 100 valence electrons. The molecule has 0 saturated carbocycles. The third-order valence-electron chi connectivity index (χ3n) is 1.81. The molecule has 2 aromatic heterocycles. The number of carboxylic acid groups (broad SMARTS) is 1. The molecule has 2 aromatic rings. The lowest BCUT2D eigenvalue weighted by Gasteiger charge is -2.05. The van der Waals surface area contributed by atoms with Crippen LogP contribution in [0.25, 0.3) is 0 Å². The first-order valence-electron chi connectivity index (χ1n) is 4.83. The number of nitrogen functional groups attached to an aromatic ring is 1. The zero-order chi connectivity index (χ0) is 14.4. The number of carboxylic acids is 1. The van der Waals surface area contributed by atoms with E-state index in [9.17, 15) is 19.1 Å². The molecule has 9 heteroatoms. The van der Waals surface area contributed by atoms with Crippen LogP contribution >= 0.6 is 0 Å². The predicted octanol–water partition coefficient (Wildman–Crippen LogP) is -1.24. The molecule has 8 nitrogen and oxygen atoms in total. The second kappa shape index (κ2) is 6.10. The maximum Gasteiger partial charge on any atom is 0.495 e. The van der Waals surface area contributed by atoms with Crippen molar-refractivity contribution in [3.05, 3.63) is 46.5 Å². The number of aromatic carboxylic acids is 1. The lowest BCUT2D eigenvalue weighted by Crippen LogP contribution is -2.30. The Morgan fingerprint density at radius 3 is 2.68 bits per heavy atom. The van der Waals surface area contributed by atoms with Gasteiger partial charge in [0.2, 0.25) is 11.6 Å². The largest absolute Gasteiger partial charge is 0.871 e. The maximum absolute atomic E-state index is 12.2. The van der Waals surface area contributed by atoms with E-state index < -0.39 is 28.9 Å². The number of nitrogens with zero attached hydrogens (tertiary/aromatic N) is 1. The van der Waals surface area contributed by atoms with Crippen molar-refractivity contribution in [2.75, 3.05) is 5.73 Å². The Morgan fingerprint density at radius 1 is 1.58 bits per heavy atom. The molecule has 19 heavy (non-hydrogen) atoms. The van der Waals surface area contributed by atoms with Gasteiger partial charge < -0.3 is 15.9 Å². The number of carbonyl (C=O) groups is 1. The second-order valence-corrected chi connectivity index (χ2v) is 3.16. The predicted molar refractivity (Wildman–Crippen MR) is 58.6 cm³/mol. The summed E-state index contributed by atoms with van der Waals surface area (Å²) < 4.78 is 12.2. The van der Waals surface area contributed by atoms with Crippen LogP contribution in [-0.4, -0.2) is 21.0 Å². The standard InChI is InChI=1S/C6H5NO3.C4H4FN3O/c8-4-2-1-3-7-5(4)6(9)10;5-2-1-7-4(9)8-3(2)6/h1-3,8H,(H,9,10);1H,(H3,6,7,8,9). The van der Waals surface area contributed by atoms with Crippen LogP contribution in [0, 0.1) is 5.82 Å². The highest BCUT2D eigenvalue weighted by Gasteiger charge is 2.02. The first-order chi connectivity index (χ1) is 8.91. The molecule has 0 bridgehead atoms. The van der Waals surface area contributed by atoms with Gasteiger partial charge in [-0.05, 0) is 6.07 Å². The van der Waals surface area contributed by atoms with Gasteiger partial charge in [0.25, 0.3) is 0 Å². The van der Waals surface area contributed by atoms with Crippen LogP contribution in [0.4, 0.5) is 10.2 Å². The molecule has 0 radical (unpaired) electrons. The number of aromatic amines is 2. The van der Waals surface area contributed by atoms with Gasteiger partial charge in [-0.3, -0.25) is 0 Å². The van der Waals surface area contributed by atoms with Gasteiger partial charge in [0.15, 0.2) is 0 Å². The normalized spacial score (nSPS) is 9.32. The van der Waals surface area contributed by atoms with E-state index in [4.69, 9.17) is 10.8 Å². The van der Waals surface area contributed by atoms with Crippen molar-refractivity contribution < 1.29 is 24.4 Å². The smallest absolute Gasteiger partial charge is 0.495 e. The zero-order valence-corrected chi connectivity index (χ0v) is 9.38.